The zero-order valence-corrected chi connectivity index (χ0v) is 28.1. The number of ether oxygens (including phenoxy) is 2. The van der Waals surface area contributed by atoms with Crippen LogP contribution in [-0.4, -0.2) is 69.1 Å². The average molecular weight is 623 g/mol. The van der Waals surface area contributed by atoms with Gasteiger partial charge in [0.25, 0.3) is 0 Å². The maximum absolute atomic E-state index is 11.7. The van der Waals surface area contributed by atoms with Crippen molar-refractivity contribution in [3.63, 3.8) is 0 Å². The molecule has 2 rings (SSSR count). The fourth-order valence-electron chi connectivity index (χ4n) is 6.46. The second-order valence-corrected chi connectivity index (χ2v) is 13.5. The number of allylic oxidation sites excluding steroid dienone is 2. The molecule has 0 aromatic heterocycles. The third kappa shape index (κ3) is 17.4. The van der Waals surface area contributed by atoms with Gasteiger partial charge in [-0.15, -0.1) is 0 Å². The van der Waals surface area contributed by atoms with Crippen LogP contribution in [0.5, 0.6) is 0 Å². The van der Waals surface area contributed by atoms with Crippen LogP contribution in [0.1, 0.15) is 162 Å². The minimum atomic E-state index is -0.628. The fourth-order valence-corrected chi connectivity index (χ4v) is 6.46. The molecule has 7 nitrogen and oxygen atoms in total. The molecule has 2 heterocycles. The molecule has 4 N–H and O–H groups in total. The van der Waals surface area contributed by atoms with E-state index in [2.05, 4.69) is 19.1 Å². The number of rotatable bonds is 27. The molecule has 1 fully saturated rings. The largest absolute Gasteiger partial charge is 0.455 e. The molecule has 0 aromatic rings. The van der Waals surface area contributed by atoms with Gasteiger partial charge in [-0.2, -0.15) is 0 Å². The van der Waals surface area contributed by atoms with E-state index in [4.69, 9.17) is 9.47 Å². The Hall–Kier alpha value is -1.25. The van der Waals surface area contributed by atoms with Crippen LogP contribution in [0.25, 0.3) is 0 Å². The summed E-state index contributed by atoms with van der Waals surface area (Å²) in [6, 6.07) is 0. The number of hydrogen-bond acceptors (Lipinski definition) is 7. The number of aliphatic hydroxyl groups is 4. The summed E-state index contributed by atoms with van der Waals surface area (Å²) < 4.78 is 11.1. The second-order valence-electron chi connectivity index (χ2n) is 13.5. The molecule has 0 unspecified atom stereocenters. The van der Waals surface area contributed by atoms with Gasteiger partial charge in [0.2, 0.25) is 0 Å². The first kappa shape index (κ1) is 38.9. The minimum absolute atomic E-state index is 0.209. The van der Waals surface area contributed by atoms with Crippen molar-refractivity contribution in [2.24, 2.45) is 0 Å². The van der Waals surface area contributed by atoms with Crippen LogP contribution in [0.2, 0.25) is 0 Å². The van der Waals surface area contributed by atoms with Crippen LogP contribution >= 0.6 is 0 Å². The highest BCUT2D eigenvalue weighted by Gasteiger charge is 2.34. The Morgan fingerprint density at radius 1 is 0.705 bits per heavy atom. The van der Waals surface area contributed by atoms with Gasteiger partial charge >= 0.3 is 5.97 Å². The topological polar surface area (TPSA) is 116 Å². The van der Waals surface area contributed by atoms with E-state index in [-0.39, 0.29) is 24.3 Å². The third-order valence-corrected chi connectivity index (χ3v) is 9.28. The average Bonchev–Trinajstić information content (AvgIpc) is 3.62. The molecule has 0 aliphatic carbocycles. The van der Waals surface area contributed by atoms with Gasteiger partial charge in [0.1, 0.15) is 6.10 Å². The molecule has 7 atom stereocenters. The lowest BCUT2D eigenvalue weighted by Gasteiger charge is -2.22. The molecule has 256 valence electrons. The summed E-state index contributed by atoms with van der Waals surface area (Å²) in [4.78, 5) is 11.7. The summed E-state index contributed by atoms with van der Waals surface area (Å²) in [5.74, 6) is -0.325. The Morgan fingerprint density at radius 3 is 1.86 bits per heavy atom. The Morgan fingerprint density at radius 2 is 1.25 bits per heavy atom. The van der Waals surface area contributed by atoms with Crippen molar-refractivity contribution >= 4 is 5.97 Å². The molecule has 7 heteroatoms. The molecule has 0 aromatic carbocycles. The third-order valence-electron chi connectivity index (χ3n) is 9.28. The van der Waals surface area contributed by atoms with Gasteiger partial charge in [-0.3, -0.25) is 0 Å². The van der Waals surface area contributed by atoms with Crippen LogP contribution in [-0.2, 0) is 14.3 Å². The van der Waals surface area contributed by atoms with E-state index < -0.39 is 24.4 Å². The molecule has 0 saturated carbocycles. The molecular weight excluding hydrogens is 556 g/mol. The maximum Gasteiger partial charge on any atom is 0.334 e. The second kappa shape index (κ2) is 24.0. The predicted molar refractivity (Wildman–Crippen MR) is 177 cm³/mol. The van der Waals surface area contributed by atoms with E-state index in [1.54, 1.807) is 6.08 Å². The lowest BCUT2D eigenvalue weighted by molar-refractivity contribution is -0.139. The van der Waals surface area contributed by atoms with Crippen molar-refractivity contribution in [3.05, 3.63) is 23.8 Å². The standard InChI is InChI=1S/C37H66O7/c1-3-4-5-6-7-8-9-10-11-12-13-14-15-19-22-33(40)35-25-26-36(44-35)34(41)24-23-31(38)20-17-16-18-21-32(39)28-30-27-29(2)43-37(30)42/h14-15,27,29,31-36,38-41H,3-13,16-26,28H2,1-2H3/b15-14-/t29-,31+,32+,33+,34+,35+,36+/m0/s1. The zero-order valence-electron chi connectivity index (χ0n) is 28.1. The minimum Gasteiger partial charge on any atom is -0.455 e. The summed E-state index contributed by atoms with van der Waals surface area (Å²) >= 11 is 0. The summed E-state index contributed by atoms with van der Waals surface area (Å²) in [6.45, 7) is 4.07. The summed E-state index contributed by atoms with van der Waals surface area (Å²) in [7, 11) is 0. The summed E-state index contributed by atoms with van der Waals surface area (Å²) in [6.07, 6.45) is 26.3. The van der Waals surface area contributed by atoms with E-state index in [0.717, 1.165) is 44.9 Å². The monoisotopic (exact) mass is 622 g/mol. The van der Waals surface area contributed by atoms with Crippen molar-refractivity contribution < 1.29 is 34.7 Å². The number of unbranched alkanes of at least 4 members (excludes halogenated alkanes) is 12. The molecule has 44 heavy (non-hydrogen) atoms. The van der Waals surface area contributed by atoms with E-state index >= 15 is 0 Å². The molecule has 0 amide bonds. The number of carbonyl (C=O) groups is 1. The molecule has 0 radical (unpaired) electrons. The van der Waals surface area contributed by atoms with Crippen molar-refractivity contribution in [1.82, 2.24) is 0 Å². The van der Waals surface area contributed by atoms with Crippen LogP contribution in [0.15, 0.2) is 23.8 Å². The number of aliphatic hydroxyl groups excluding tert-OH is 4. The van der Waals surface area contributed by atoms with Crippen LogP contribution < -0.4 is 0 Å². The lowest BCUT2D eigenvalue weighted by atomic mass is 9.98. The predicted octanol–water partition coefficient (Wildman–Crippen LogP) is 7.62. The summed E-state index contributed by atoms with van der Waals surface area (Å²) in [5, 5.41) is 41.8. The zero-order chi connectivity index (χ0) is 32.0. The first-order valence-corrected chi connectivity index (χ1v) is 18.2. The Labute approximate surface area is 268 Å². The normalized spacial score (nSPS) is 23.2. The number of hydrogen-bond donors (Lipinski definition) is 4. The first-order chi connectivity index (χ1) is 21.3. The highest BCUT2D eigenvalue weighted by Crippen LogP contribution is 2.28. The van der Waals surface area contributed by atoms with Gasteiger partial charge < -0.3 is 29.9 Å². The number of cyclic esters (lactones) is 1. The quantitative estimate of drug-likeness (QED) is 0.0423. The van der Waals surface area contributed by atoms with Gasteiger partial charge in [0, 0.05) is 12.0 Å². The van der Waals surface area contributed by atoms with Gasteiger partial charge in [-0.05, 0) is 77.2 Å². The van der Waals surface area contributed by atoms with Crippen LogP contribution in [0, 0.1) is 0 Å². The Balaban J connectivity index is 1.43. The molecule has 2 aliphatic heterocycles. The van der Waals surface area contributed by atoms with Crippen LogP contribution in [0.4, 0.5) is 0 Å². The van der Waals surface area contributed by atoms with E-state index in [9.17, 15) is 25.2 Å². The van der Waals surface area contributed by atoms with Gasteiger partial charge in [0.05, 0.1) is 36.6 Å². The number of esters is 1. The first-order valence-electron chi connectivity index (χ1n) is 18.2. The fraction of sp³-hybridized carbons (Fsp3) is 0.865. The van der Waals surface area contributed by atoms with Gasteiger partial charge in [-0.25, -0.2) is 4.79 Å². The van der Waals surface area contributed by atoms with Crippen molar-refractivity contribution in [2.45, 2.75) is 204 Å². The van der Waals surface area contributed by atoms with Crippen molar-refractivity contribution in [2.75, 3.05) is 0 Å². The highest BCUT2D eigenvalue weighted by molar-refractivity contribution is 5.90. The molecule has 0 bridgehead atoms. The van der Waals surface area contributed by atoms with E-state index in [1.807, 2.05) is 6.92 Å². The maximum atomic E-state index is 11.7. The van der Waals surface area contributed by atoms with Crippen molar-refractivity contribution in [1.29, 1.82) is 0 Å². The highest BCUT2D eigenvalue weighted by atomic mass is 16.5. The van der Waals surface area contributed by atoms with E-state index in [1.165, 1.54) is 64.2 Å². The van der Waals surface area contributed by atoms with Crippen molar-refractivity contribution in [3.8, 4) is 0 Å². The molecule has 2 aliphatic rings. The van der Waals surface area contributed by atoms with Gasteiger partial charge in [0.15, 0.2) is 0 Å². The van der Waals surface area contributed by atoms with Gasteiger partial charge in [-0.1, -0.05) is 96.1 Å². The number of carbonyl (C=O) groups excluding carboxylic acids is 1. The molecule has 1 saturated heterocycles. The van der Waals surface area contributed by atoms with E-state index in [0.29, 0.717) is 44.1 Å². The Bertz CT molecular complexity index is 797. The lowest BCUT2D eigenvalue weighted by Crippen LogP contribution is -2.31. The smallest absolute Gasteiger partial charge is 0.334 e. The summed E-state index contributed by atoms with van der Waals surface area (Å²) in [5.41, 5.74) is 0.563. The molecule has 0 spiro atoms. The molecular formula is C37H66O7. The van der Waals surface area contributed by atoms with Crippen LogP contribution in [0.3, 0.4) is 0 Å². The Kier molecular flexibility index (Phi) is 21.2. The SMILES string of the molecule is CCCCCCCCCCCC/C=C\CC[C@@H](O)[C@H]1CC[C@H]([C@H](O)CC[C@H](O)CCCCC[C@@H](O)CC2=C[C@H](C)OC2=O)O1.